The molecule has 3 nitrogen and oxygen atoms in total. The van der Waals surface area contributed by atoms with Gasteiger partial charge >= 0.3 is 0 Å². The van der Waals surface area contributed by atoms with Gasteiger partial charge in [-0.25, -0.2) is 8.78 Å². The van der Waals surface area contributed by atoms with Crippen molar-refractivity contribution in [1.29, 1.82) is 0 Å². The second-order valence-electron chi connectivity index (χ2n) is 5.39. The van der Waals surface area contributed by atoms with E-state index in [2.05, 4.69) is 5.32 Å². The molecule has 0 unspecified atom stereocenters. The summed E-state index contributed by atoms with van der Waals surface area (Å²) >= 11 is 0. The van der Waals surface area contributed by atoms with Crippen LogP contribution < -0.4 is 5.32 Å². The van der Waals surface area contributed by atoms with Gasteiger partial charge in [0.05, 0.1) is 5.52 Å². The molecule has 0 saturated heterocycles. The average molecular weight is 314 g/mol. The summed E-state index contributed by atoms with van der Waals surface area (Å²) in [6, 6.07) is 12.5. The van der Waals surface area contributed by atoms with Gasteiger partial charge in [0.1, 0.15) is 17.3 Å². The van der Waals surface area contributed by atoms with E-state index >= 15 is 0 Å². The molecule has 0 aliphatic rings. The Balaban J connectivity index is 1.70. The molecule has 2 aromatic carbocycles. The van der Waals surface area contributed by atoms with Crippen LogP contribution in [0, 0.1) is 11.6 Å². The number of nitrogens with zero attached hydrogens (tertiary/aromatic N) is 1. The van der Waals surface area contributed by atoms with E-state index in [4.69, 9.17) is 0 Å². The highest BCUT2D eigenvalue weighted by atomic mass is 19.1. The monoisotopic (exact) mass is 314 g/mol. The standard InChI is InChI=1S/C18H16F2N2O/c1-22-16-4-2-3-15(20)14(16)11-17(22)18(23)21-10-9-12-5-7-13(19)8-6-12/h2-8,11H,9-10H2,1H3,(H,21,23). The number of carbonyl (C=O) groups excluding carboxylic acids is 1. The molecule has 0 bridgehead atoms. The lowest BCUT2D eigenvalue weighted by molar-refractivity contribution is 0.0946. The van der Waals surface area contributed by atoms with E-state index in [-0.39, 0.29) is 17.5 Å². The molecular weight excluding hydrogens is 298 g/mol. The molecule has 0 radical (unpaired) electrons. The first kappa shape index (κ1) is 15.2. The summed E-state index contributed by atoms with van der Waals surface area (Å²) < 4.78 is 28.3. The van der Waals surface area contributed by atoms with E-state index in [1.165, 1.54) is 18.2 Å². The van der Waals surface area contributed by atoms with E-state index in [1.807, 2.05) is 0 Å². The molecule has 0 aliphatic heterocycles. The summed E-state index contributed by atoms with van der Waals surface area (Å²) in [7, 11) is 1.73. The van der Waals surface area contributed by atoms with Crippen molar-refractivity contribution in [1.82, 2.24) is 9.88 Å². The van der Waals surface area contributed by atoms with Crippen LogP contribution in [0.3, 0.4) is 0 Å². The Morgan fingerprint density at radius 1 is 1.13 bits per heavy atom. The van der Waals surface area contributed by atoms with Crippen molar-refractivity contribution in [2.45, 2.75) is 6.42 Å². The third kappa shape index (κ3) is 3.08. The highest BCUT2D eigenvalue weighted by Gasteiger charge is 2.14. The van der Waals surface area contributed by atoms with Crippen molar-refractivity contribution >= 4 is 16.8 Å². The minimum atomic E-state index is -0.344. The number of hydrogen-bond acceptors (Lipinski definition) is 1. The molecular formula is C18H16F2N2O. The SMILES string of the molecule is Cn1c(C(=O)NCCc2ccc(F)cc2)cc2c(F)cccc21. The van der Waals surface area contributed by atoms with Crippen molar-refractivity contribution in [2.24, 2.45) is 7.05 Å². The van der Waals surface area contributed by atoms with Crippen molar-refractivity contribution in [3.05, 3.63) is 71.4 Å². The first-order valence-electron chi connectivity index (χ1n) is 7.33. The molecule has 0 atom stereocenters. The second kappa shape index (κ2) is 6.20. The summed E-state index contributed by atoms with van der Waals surface area (Å²) in [6.07, 6.45) is 0.602. The number of rotatable bonds is 4. The minimum absolute atomic E-state index is 0.259. The topological polar surface area (TPSA) is 34.0 Å². The quantitative estimate of drug-likeness (QED) is 0.786. The van der Waals surface area contributed by atoms with Crippen molar-refractivity contribution in [3.63, 3.8) is 0 Å². The number of carbonyl (C=O) groups is 1. The van der Waals surface area contributed by atoms with Crippen LogP contribution in [0.15, 0.2) is 48.5 Å². The molecule has 1 N–H and O–H groups in total. The molecule has 1 heterocycles. The van der Waals surface area contributed by atoms with Gasteiger partial charge in [-0.1, -0.05) is 18.2 Å². The Labute approximate surface area is 132 Å². The fourth-order valence-corrected chi connectivity index (χ4v) is 2.60. The Bertz CT molecular complexity index is 853. The van der Waals surface area contributed by atoms with Crippen LogP contribution >= 0.6 is 0 Å². The van der Waals surface area contributed by atoms with Gasteiger partial charge in [-0.2, -0.15) is 0 Å². The molecule has 1 amide bonds. The Morgan fingerprint density at radius 2 is 1.87 bits per heavy atom. The van der Waals surface area contributed by atoms with Gasteiger partial charge in [0, 0.05) is 19.0 Å². The summed E-state index contributed by atoms with van der Waals surface area (Å²) in [5.74, 6) is -0.885. The van der Waals surface area contributed by atoms with E-state index < -0.39 is 0 Å². The van der Waals surface area contributed by atoms with E-state index in [0.29, 0.717) is 29.6 Å². The number of hydrogen-bond donors (Lipinski definition) is 1. The van der Waals surface area contributed by atoms with E-state index in [1.54, 1.807) is 41.9 Å². The molecule has 0 fully saturated rings. The highest BCUT2D eigenvalue weighted by Crippen LogP contribution is 2.21. The molecule has 0 saturated carbocycles. The van der Waals surface area contributed by atoms with E-state index in [0.717, 1.165) is 5.56 Å². The maximum absolute atomic E-state index is 13.8. The summed E-state index contributed by atoms with van der Waals surface area (Å²) in [4.78, 5) is 12.3. The molecule has 0 spiro atoms. The zero-order valence-corrected chi connectivity index (χ0v) is 12.6. The normalized spacial score (nSPS) is 10.9. The first-order chi connectivity index (χ1) is 11.1. The highest BCUT2D eigenvalue weighted by molar-refractivity contribution is 5.98. The van der Waals surface area contributed by atoms with Crippen molar-refractivity contribution < 1.29 is 13.6 Å². The number of aryl methyl sites for hydroxylation is 1. The number of amides is 1. The van der Waals surface area contributed by atoms with Crippen LogP contribution in [0.4, 0.5) is 8.78 Å². The van der Waals surface area contributed by atoms with Gasteiger partial charge < -0.3 is 9.88 Å². The van der Waals surface area contributed by atoms with Gasteiger partial charge in [-0.15, -0.1) is 0 Å². The Hall–Kier alpha value is -2.69. The lowest BCUT2D eigenvalue weighted by Gasteiger charge is -2.07. The van der Waals surface area contributed by atoms with Crippen LogP contribution in [0.1, 0.15) is 16.1 Å². The van der Waals surface area contributed by atoms with Crippen molar-refractivity contribution in [3.8, 4) is 0 Å². The Morgan fingerprint density at radius 3 is 2.57 bits per heavy atom. The number of aromatic nitrogens is 1. The van der Waals surface area contributed by atoms with Crippen LogP contribution in [0.25, 0.3) is 10.9 Å². The zero-order chi connectivity index (χ0) is 16.4. The van der Waals surface area contributed by atoms with Crippen LogP contribution in [0.2, 0.25) is 0 Å². The molecule has 3 aromatic rings. The fourth-order valence-electron chi connectivity index (χ4n) is 2.60. The summed E-state index contributed by atoms with van der Waals surface area (Å²) in [6.45, 7) is 0.425. The van der Waals surface area contributed by atoms with Gasteiger partial charge in [-0.05, 0) is 42.3 Å². The fraction of sp³-hybridized carbons (Fsp3) is 0.167. The third-order valence-electron chi connectivity index (χ3n) is 3.88. The molecule has 118 valence electrons. The van der Waals surface area contributed by atoms with Gasteiger partial charge in [0.2, 0.25) is 0 Å². The summed E-state index contributed by atoms with van der Waals surface area (Å²) in [5.41, 5.74) is 2.02. The maximum atomic E-state index is 13.8. The van der Waals surface area contributed by atoms with Crippen LogP contribution in [0.5, 0.6) is 0 Å². The minimum Gasteiger partial charge on any atom is -0.350 e. The number of fused-ring (bicyclic) bond motifs is 1. The molecule has 3 rings (SSSR count). The molecule has 1 aromatic heterocycles. The van der Waals surface area contributed by atoms with Gasteiger partial charge in [-0.3, -0.25) is 4.79 Å². The smallest absolute Gasteiger partial charge is 0.267 e. The lowest BCUT2D eigenvalue weighted by atomic mass is 10.1. The van der Waals surface area contributed by atoms with E-state index in [9.17, 15) is 13.6 Å². The van der Waals surface area contributed by atoms with Crippen molar-refractivity contribution in [2.75, 3.05) is 6.54 Å². The maximum Gasteiger partial charge on any atom is 0.267 e. The zero-order valence-electron chi connectivity index (χ0n) is 12.6. The predicted octanol–water partition coefficient (Wildman–Crippen LogP) is 3.43. The Kier molecular flexibility index (Phi) is 4.10. The van der Waals surface area contributed by atoms with Crippen LogP contribution in [-0.2, 0) is 13.5 Å². The first-order valence-corrected chi connectivity index (χ1v) is 7.33. The molecule has 23 heavy (non-hydrogen) atoms. The van der Waals surface area contributed by atoms with Gasteiger partial charge in [0.15, 0.2) is 0 Å². The van der Waals surface area contributed by atoms with Crippen LogP contribution in [-0.4, -0.2) is 17.0 Å². The molecule has 0 aliphatic carbocycles. The predicted molar refractivity (Wildman–Crippen MR) is 85.3 cm³/mol. The largest absolute Gasteiger partial charge is 0.350 e. The number of benzene rings is 2. The lowest BCUT2D eigenvalue weighted by Crippen LogP contribution is -2.27. The number of nitrogens with one attached hydrogen (secondary N) is 1. The summed E-state index contributed by atoms with van der Waals surface area (Å²) in [5, 5.41) is 3.24. The number of halogens is 2. The molecule has 5 heteroatoms. The third-order valence-corrected chi connectivity index (χ3v) is 3.88. The van der Waals surface area contributed by atoms with Gasteiger partial charge in [0.25, 0.3) is 5.91 Å². The average Bonchev–Trinajstić information content (AvgIpc) is 2.88. The second-order valence-corrected chi connectivity index (χ2v) is 5.39.